The minimum atomic E-state index is 0.313. The van der Waals surface area contributed by atoms with E-state index < -0.39 is 0 Å². The molecule has 1 saturated heterocycles. The number of halogens is 2. The highest BCUT2D eigenvalue weighted by Gasteiger charge is 2.25. The van der Waals surface area contributed by atoms with E-state index in [1.54, 1.807) is 0 Å². The molecule has 1 aromatic heterocycles. The molecule has 1 aliphatic rings. The summed E-state index contributed by atoms with van der Waals surface area (Å²) in [6.07, 6.45) is 2.92. The van der Waals surface area contributed by atoms with Crippen LogP contribution in [0.4, 0.5) is 5.82 Å². The van der Waals surface area contributed by atoms with Gasteiger partial charge in [0.1, 0.15) is 5.82 Å². The minimum Gasteiger partial charge on any atom is -0.356 e. The summed E-state index contributed by atoms with van der Waals surface area (Å²) in [5.74, 6) is 1.59. The molecule has 2 atom stereocenters. The van der Waals surface area contributed by atoms with Crippen LogP contribution in [0.5, 0.6) is 0 Å². The molecule has 1 aliphatic heterocycles. The Morgan fingerprint density at radius 1 is 1.56 bits per heavy atom. The Morgan fingerprint density at radius 3 is 2.94 bits per heavy atom. The van der Waals surface area contributed by atoms with E-state index in [0.29, 0.717) is 11.3 Å². The predicted octanol–water partition coefficient (Wildman–Crippen LogP) is 3.61. The quantitative estimate of drug-likeness (QED) is 0.737. The summed E-state index contributed by atoms with van der Waals surface area (Å²) in [6.45, 7) is 6.30. The van der Waals surface area contributed by atoms with Gasteiger partial charge < -0.3 is 4.90 Å². The second-order valence-corrected chi connectivity index (χ2v) is 5.93. The molecular formula is C12H16BrClN2. The molecule has 0 bridgehead atoms. The summed E-state index contributed by atoms with van der Waals surface area (Å²) in [5.41, 5.74) is 1.23. The summed E-state index contributed by atoms with van der Waals surface area (Å²) in [5, 5.41) is 0.313. The highest BCUT2D eigenvalue weighted by atomic mass is 79.9. The van der Waals surface area contributed by atoms with Gasteiger partial charge in [0.15, 0.2) is 0 Å². The van der Waals surface area contributed by atoms with E-state index in [0.717, 1.165) is 29.8 Å². The van der Waals surface area contributed by atoms with Crippen molar-refractivity contribution in [2.75, 3.05) is 18.0 Å². The van der Waals surface area contributed by atoms with Crippen LogP contribution in [0.25, 0.3) is 0 Å². The SMILES string of the molecule is Cc1cc(N2CCC(Cl)C(C)C2)ncc1Br. The summed E-state index contributed by atoms with van der Waals surface area (Å²) in [7, 11) is 0. The normalized spacial score (nSPS) is 25.9. The molecule has 88 valence electrons. The van der Waals surface area contributed by atoms with Gasteiger partial charge in [0.05, 0.1) is 0 Å². The number of anilines is 1. The second-order valence-electron chi connectivity index (χ2n) is 4.52. The Balaban J connectivity index is 2.15. The maximum Gasteiger partial charge on any atom is 0.128 e. The lowest BCUT2D eigenvalue weighted by Gasteiger charge is -2.35. The number of nitrogens with zero attached hydrogens (tertiary/aromatic N) is 2. The van der Waals surface area contributed by atoms with Gasteiger partial charge in [-0.15, -0.1) is 11.6 Å². The maximum absolute atomic E-state index is 6.22. The highest BCUT2D eigenvalue weighted by Crippen LogP contribution is 2.27. The van der Waals surface area contributed by atoms with Crippen molar-refractivity contribution in [2.45, 2.75) is 25.6 Å². The molecular weight excluding hydrogens is 288 g/mol. The fraction of sp³-hybridized carbons (Fsp3) is 0.583. The van der Waals surface area contributed by atoms with Crippen molar-refractivity contribution in [3.8, 4) is 0 Å². The number of alkyl halides is 1. The van der Waals surface area contributed by atoms with Gasteiger partial charge in [0.25, 0.3) is 0 Å². The number of hydrogen-bond donors (Lipinski definition) is 0. The zero-order chi connectivity index (χ0) is 11.7. The zero-order valence-electron chi connectivity index (χ0n) is 9.58. The third-order valence-corrected chi connectivity index (χ3v) is 4.64. The van der Waals surface area contributed by atoms with Crippen LogP contribution in [-0.4, -0.2) is 23.5 Å². The summed E-state index contributed by atoms with van der Waals surface area (Å²) >= 11 is 9.69. The highest BCUT2D eigenvalue weighted by molar-refractivity contribution is 9.10. The molecule has 2 rings (SSSR count). The van der Waals surface area contributed by atoms with Crippen molar-refractivity contribution in [1.29, 1.82) is 0 Å². The van der Waals surface area contributed by atoms with Crippen molar-refractivity contribution in [3.05, 3.63) is 22.3 Å². The van der Waals surface area contributed by atoms with E-state index in [1.807, 2.05) is 6.20 Å². The topological polar surface area (TPSA) is 16.1 Å². The van der Waals surface area contributed by atoms with E-state index in [2.05, 4.69) is 45.7 Å². The van der Waals surface area contributed by atoms with Crippen LogP contribution in [-0.2, 0) is 0 Å². The van der Waals surface area contributed by atoms with Crippen LogP contribution in [0.2, 0.25) is 0 Å². The molecule has 2 unspecified atom stereocenters. The molecule has 2 nitrogen and oxygen atoms in total. The number of piperidine rings is 1. The molecule has 0 radical (unpaired) electrons. The summed E-state index contributed by atoms with van der Waals surface area (Å²) in [6, 6.07) is 2.13. The van der Waals surface area contributed by atoms with E-state index in [4.69, 9.17) is 11.6 Å². The van der Waals surface area contributed by atoms with Crippen molar-refractivity contribution in [3.63, 3.8) is 0 Å². The van der Waals surface area contributed by atoms with Gasteiger partial charge in [-0.2, -0.15) is 0 Å². The lowest BCUT2D eigenvalue weighted by atomic mass is 9.99. The summed E-state index contributed by atoms with van der Waals surface area (Å²) in [4.78, 5) is 6.78. The summed E-state index contributed by atoms with van der Waals surface area (Å²) < 4.78 is 1.07. The molecule has 4 heteroatoms. The van der Waals surface area contributed by atoms with E-state index >= 15 is 0 Å². The largest absolute Gasteiger partial charge is 0.356 e. The number of aryl methyl sites for hydroxylation is 1. The van der Waals surface area contributed by atoms with Crippen molar-refractivity contribution < 1.29 is 0 Å². The Kier molecular flexibility index (Phi) is 3.75. The lowest BCUT2D eigenvalue weighted by Crippen LogP contribution is -2.40. The predicted molar refractivity (Wildman–Crippen MR) is 72.3 cm³/mol. The maximum atomic E-state index is 6.22. The second kappa shape index (κ2) is 4.92. The van der Waals surface area contributed by atoms with Gasteiger partial charge in [-0.1, -0.05) is 6.92 Å². The Hall–Kier alpha value is -0.280. The minimum absolute atomic E-state index is 0.313. The van der Waals surface area contributed by atoms with Crippen LogP contribution in [0.1, 0.15) is 18.9 Å². The molecule has 0 spiro atoms. The number of hydrogen-bond acceptors (Lipinski definition) is 2. The van der Waals surface area contributed by atoms with Gasteiger partial charge in [-0.05, 0) is 46.8 Å². The van der Waals surface area contributed by atoms with Gasteiger partial charge in [0, 0.05) is 29.1 Å². The Morgan fingerprint density at radius 2 is 2.31 bits per heavy atom. The number of aromatic nitrogens is 1. The van der Waals surface area contributed by atoms with Crippen LogP contribution in [0.15, 0.2) is 16.7 Å². The average Bonchev–Trinajstić information content (AvgIpc) is 2.26. The first kappa shape index (κ1) is 12.2. The standard InChI is InChI=1S/C12H16BrClN2/c1-8-5-12(15-6-10(8)13)16-4-3-11(14)9(2)7-16/h5-6,9,11H,3-4,7H2,1-2H3. The van der Waals surface area contributed by atoms with Crippen LogP contribution in [0.3, 0.4) is 0 Å². The van der Waals surface area contributed by atoms with Crippen LogP contribution < -0.4 is 4.90 Å². The first-order valence-corrected chi connectivity index (χ1v) is 6.82. The molecule has 0 N–H and O–H groups in total. The first-order valence-electron chi connectivity index (χ1n) is 5.59. The average molecular weight is 304 g/mol. The first-order chi connectivity index (χ1) is 7.58. The number of rotatable bonds is 1. The monoisotopic (exact) mass is 302 g/mol. The van der Waals surface area contributed by atoms with E-state index in [1.165, 1.54) is 5.56 Å². The van der Waals surface area contributed by atoms with Crippen molar-refractivity contribution >= 4 is 33.3 Å². The molecule has 0 saturated carbocycles. The molecule has 1 fully saturated rings. The number of pyridine rings is 1. The van der Waals surface area contributed by atoms with E-state index in [-0.39, 0.29) is 0 Å². The van der Waals surface area contributed by atoms with Gasteiger partial charge in [-0.25, -0.2) is 4.98 Å². The van der Waals surface area contributed by atoms with E-state index in [9.17, 15) is 0 Å². The van der Waals surface area contributed by atoms with Crippen LogP contribution >= 0.6 is 27.5 Å². The lowest BCUT2D eigenvalue weighted by molar-refractivity contribution is 0.452. The molecule has 0 aromatic carbocycles. The Bertz CT molecular complexity index is 383. The molecule has 0 aliphatic carbocycles. The van der Waals surface area contributed by atoms with Crippen molar-refractivity contribution in [1.82, 2.24) is 4.98 Å². The van der Waals surface area contributed by atoms with Gasteiger partial charge in [-0.3, -0.25) is 0 Å². The van der Waals surface area contributed by atoms with Gasteiger partial charge in [0.2, 0.25) is 0 Å². The fourth-order valence-electron chi connectivity index (χ4n) is 2.02. The van der Waals surface area contributed by atoms with Crippen molar-refractivity contribution in [2.24, 2.45) is 5.92 Å². The third-order valence-electron chi connectivity index (χ3n) is 3.16. The smallest absolute Gasteiger partial charge is 0.128 e. The molecule has 16 heavy (non-hydrogen) atoms. The molecule has 2 heterocycles. The van der Waals surface area contributed by atoms with Gasteiger partial charge >= 0.3 is 0 Å². The van der Waals surface area contributed by atoms with Crippen LogP contribution in [0, 0.1) is 12.8 Å². The zero-order valence-corrected chi connectivity index (χ0v) is 11.9. The molecule has 0 amide bonds. The third kappa shape index (κ3) is 2.51. The fourth-order valence-corrected chi connectivity index (χ4v) is 2.42. The Labute approximate surface area is 110 Å². The molecule has 1 aromatic rings.